The van der Waals surface area contributed by atoms with Gasteiger partial charge in [-0.05, 0) is 37.1 Å². The van der Waals surface area contributed by atoms with Gasteiger partial charge in [-0.1, -0.05) is 0 Å². The van der Waals surface area contributed by atoms with Crippen molar-refractivity contribution >= 4 is 17.5 Å². The highest BCUT2D eigenvalue weighted by Gasteiger charge is 2.24. The Morgan fingerprint density at radius 3 is 2.48 bits per heavy atom. The van der Waals surface area contributed by atoms with Gasteiger partial charge in [0.2, 0.25) is 11.8 Å². The minimum atomic E-state index is -0.245. The van der Waals surface area contributed by atoms with Gasteiger partial charge in [-0.3, -0.25) is 9.59 Å². The van der Waals surface area contributed by atoms with E-state index in [1.54, 1.807) is 24.0 Å². The number of anilines is 1. The molecule has 2 heterocycles. The molecule has 6 nitrogen and oxygen atoms in total. The molecule has 1 aromatic carbocycles. The molecule has 7 heteroatoms. The molecule has 2 aliphatic heterocycles. The Labute approximate surface area is 159 Å². The Balaban J connectivity index is 1.44. The standard InChI is InChI=1S/C20H28FN3O3/c1-16(25)24(15-19-3-2-14-27-19)9-8-20(26)23-12-10-22(11-13-23)18-6-4-17(21)5-7-18/h4-7,19H,2-3,8-15H2,1H3. The average molecular weight is 377 g/mol. The summed E-state index contributed by atoms with van der Waals surface area (Å²) in [5, 5.41) is 0. The lowest BCUT2D eigenvalue weighted by Gasteiger charge is -2.36. The smallest absolute Gasteiger partial charge is 0.224 e. The van der Waals surface area contributed by atoms with Crippen LogP contribution in [0.5, 0.6) is 0 Å². The van der Waals surface area contributed by atoms with E-state index in [0.29, 0.717) is 32.6 Å². The van der Waals surface area contributed by atoms with Crippen molar-refractivity contribution in [1.82, 2.24) is 9.80 Å². The van der Waals surface area contributed by atoms with E-state index in [4.69, 9.17) is 4.74 Å². The highest BCUT2D eigenvalue weighted by molar-refractivity contribution is 5.78. The summed E-state index contributed by atoms with van der Waals surface area (Å²) in [4.78, 5) is 30.1. The number of rotatable bonds is 6. The highest BCUT2D eigenvalue weighted by Crippen LogP contribution is 2.18. The third kappa shape index (κ3) is 5.42. The monoisotopic (exact) mass is 377 g/mol. The molecule has 2 saturated heterocycles. The first-order valence-corrected chi connectivity index (χ1v) is 9.68. The molecule has 2 aliphatic rings. The van der Waals surface area contributed by atoms with E-state index in [0.717, 1.165) is 38.2 Å². The van der Waals surface area contributed by atoms with Crippen LogP contribution >= 0.6 is 0 Å². The summed E-state index contributed by atoms with van der Waals surface area (Å²) in [5.74, 6) is -0.183. The van der Waals surface area contributed by atoms with Crippen LogP contribution in [0.2, 0.25) is 0 Å². The molecule has 3 rings (SSSR count). The third-order valence-corrected chi connectivity index (χ3v) is 5.31. The zero-order valence-corrected chi connectivity index (χ0v) is 15.9. The number of hydrogen-bond acceptors (Lipinski definition) is 4. The fourth-order valence-electron chi connectivity index (χ4n) is 3.67. The zero-order valence-electron chi connectivity index (χ0n) is 15.9. The number of nitrogens with zero attached hydrogens (tertiary/aromatic N) is 3. The van der Waals surface area contributed by atoms with Gasteiger partial charge in [0.25, 0.3) is 0 Å². The molecule has 1 unspecified atom stereocenters. The summed E-state index contributed by atoms with van der Waals surface area (Å²) in [7, 11) is 0. The Kier molecular flexibility index (Phi) is 6.66. The molecular formula is C20H28FN3O3. The van der Waals surface area contributed by atoms with Crippen LogP contribution < -0.4 is 4.90 Å². The Bertz CT molecular complexity index is 638. The number of ether oxygens (including phenoxy) is 1. The number of halogens is 1. The summed E-state index contributed by atoms with van der Waals surface area (Å²) in [5.41, 5.74) is 0.975. The van der Waals surface area contributed by atoms with Crippen LogP contribution in [-0.4, -0.2) is 73.6 Å². The maximum atomic E-state index is 13.0. The van der Waals surface area contributed by atoms with Crippen LogP contribution in [0.25, 0.3) is 0 Å². The molecule has 0 aromatic heterocycles. The maximum Gasteiger partial charge on any atom is 0.224 e. The molecule has 0 bridgehead atoms. The first-order valence-electron chi connectivity index (χ1n) is 9.68. The lowest BCUT2D eigenvalue weighted by atomic mass is 10.2. The maximum absolute atomic E-state index is 13.0. The normalized spacial score (nSPS) is 20.0. The molecule has 2 amide bonds. The van der Waals surface area contributed by atoms with E-state index < -0.39 is 0 Å². The molecular weight excluding hydrogens is 349 g/mol. The first kappa shape index (κ1) is 19.6. The predicted molar refractivity (Wildman–Crippen MR) is 101 cm³/mol. The topological polar surface area (TPSA) is 53.1 Å². The molecule has 1 atom stereocenters. The summed E-state index contributed by atoms with van der Waals surface area (Å²) < 4.78 is 18.6. The van der Waals surface area contributed by atoms with Crippen molar-refractivity contribution in [3.05, 3.63) is 30.1 Å². The molecule has 0 spiro atoms. The summed E-state index contributed by atoms with van der Waals surface area (Å²) >= 11 is 0. The van der Waals surface area contributed by atoms with E-state index in [1.807, 2.05) is 4.90 Å². The summed E-state index contributed by atoms with van der Waals surface area (Å²) in [6.07, 6.45) is 2.45. The fraction of sp³-hybridized carbons (Fsp3) is 0.600. The lowest BCUT2D eigenvalue weighted by molar-refractivity contribution is -0.134. The van der Waals surface area contributed by atoms with Crippen molar-refractivity contribution in [3.8, 4) is 0 Å². The number of amides is 2. The van der Waals surface area contributed by atoms with Gasteiger partial charge in [-0.15, -0.1) is 0 Å². The Morgan fingerprint density at radius 2 is 1.89 bits per heavy atom. The number of carbonyl (C=O) groups excluding carboxylic acids is 2. The number of hydrogen-bond donors (Lipinski definition) is 0. The van der Waals surface area contributed by atoms with Gasteiger partial charge >= 0.3 is 0 Å². The first-order chi connectivity index (χ1) is 13.0. The van der Waals surface area contributed by atoms with Crippen LogP contribution in [0.1, 0.15) is 26.2 Å². The number of carbonyl (C=O) groups is 2. The van der Waals surface area contributed by atoms with Crippen LogP contribution in [0, 0.1) is 5.82 Å². The van der Waals surface area contributed by atoms with E-state index >= 15 is 0 Å². The van der Waals surface area contributed by atoms with E-state index in [1.165, 1.54) is 12.1 Å². The van der Waals surface area contributed by atoms with Gasteiger partial charge in [0, 0.05) is 64.9 Å². The third-order valence-electron chi connectivity index (χ3n) is 5.31. The Morgan fingerprint density at radius 1 is 1.19 bits per heavy atom. The van der Waals surface area contributed by atoms with Crippen molar-refractivity contribution in [1.29, 1.82) is 0 Å². The molecule has 2 fully saturated rings. The van der Waals surface area contributed by atoms with Crippen LogP contribution in [0.3, 0.4) is 0 Å². The van der Waals surface area contributed by atoms with Gasteiger partial charge in [0.1, 0.15) is 5.82 Å². The van der Waals surface area contributed by atoms with Crippen LogP contribution in [-0.2, 0) is 14.3 Å². The van der Waals surface area contributed by atoms with Crippen molar-refractivity contribution in [2.45, 2.75) is 32.3 Å². The second-order valence-electron chi connectivity index (χ2n) is 7.19. The average Bonchev–Trinajstić information content (AvgIpc) is 3.18. The fourth-order valence-corrected chi connectivity index (χ4v) is 3.67. The SMILES string of the molecule is CC(=O)N(CCC(=O)N1CCN(c2ccc(F)cc2)CC1)CC1CCCO1. The van der Waals surface area contributed by atoms with Crippen LogP contribution in [0.15, 0.2) is 24.3 Å². The molecule has 1 aromatic rings. The second-order valence-corrected chi connectivity index (χ2v) is 7.19. The predicted octanol–water partition coefficient (Wildman–Crippen LogP) is 1.89. The Hall–Kier alpha value is -2.15. The molecule has 27 heavy (non-hydrogen) atoms. The minimum Gasteiger partial charge on any atom is -0.376 e. The number of piperazine rings is 1. The lowest BCUT2D eigenvalue weighted by Crippen LogP contribution is -2.49. The molecule has 0 N–H and O–H groups in total. The van der Waals surface area contributed by atoms with E-state index in [9.17, 15) is 14.0 Å². The van der Waals surface area contributed by atoms with Gasteiger partial charge in [0.05, 0.1) is 6.10 Å². The largest absolute Gasteiger partial charge is 0.376 e. The number of benzene rings is 1. The zero-order chi connectivity index (χ0) is 19.2. The van der Waals surface area contributed by atoms with Gasteiger partial charge in [-0.25, -0.2) is 4.39 Å². The van der Waals surface area contributed by atoms with E-state index in [-0.39, 0.29) is 23.7 Å². The van der Waals surface area contributed by atoms with Crippen molar-refractivity contribution in [2.75, 3.05) is 50.8 Å². The summed E-state index contributed by atoms with van der Waals surface area (Å²) in [6.45, 7) is 6.04. The molecule has 0 aliphatic carbocycles. The highest BCUT2D eigenvalue weighted by atomic mass is 19.1. The molecule has 0 saturated carbocycles. The van der Waals surface area contributed by atoms with Crippen molar-refractivity contribution in [2.24, 2.45) is 0 Å². The van der Waals surface area contributed by atoms with Gasteiger partial charge in [0.15, 0.2) is 0 Å². The van der Waals surface area contributed by atoms with Crippen LogP contribution in [0.4, 0.5) is 10.1 Å². The van der Waals surface area contributed by atoms with Gasteiger partial charge in [-0.2, -0.15) is 0 Å². The van der Waals surface area contributed by atoms with Gasteiger partial charge < -0.3 is 19.4 Å². The van der Waals surface area contributed by atoms with Crippen molar-refractivity contribution in [3.63, 3.8) is 0 Å². The summed E-state index contributed by atoms with van der Waals surface area (Å²) in [6, 6.07) is 6.44. The quantitative estimate of drug-likeness (QED) is 0.760. The van der Waals surface area contributed by atoms with E-state index in [2.05, 4.69) is 4.90 Å². The minimum absolute atomic E-state index is 0.0144. The van der Waals surface area contributed by atoms with Crippen molar-refractivity contribution < 1.29 is 18.7 Å². The second kappa shape index (κ2) is 9.17. The molecule has 0 radical (unpaired) electrons. The molecule has 148 valence electrons.